The van der Waals surface area contributed by atoms with E-state index in [0.717, 1.165) is 11.3 Å². The van der Waals surface area contributed by atoms with Crippen LogP contribution in [0.25, 0.3) is 0 Å². The maximum Gasteiger partial charge on any atom is 0.263 e. The Labute approximate surface area is 98.2 Å². The summed E-state index contributed by atoms with van der Waals surface area (Å²) in [4.78, 5) is 25.3. The third-order valence-corrected chi connectivity index (χ3v) is 3.34. The zero-order valence-electron chi connectivity index (χ0n) is 9.75. The standard InChI is InChI=1S/C10H15N3O2S/c1-5-6(9(14)12-2)8(11)16-7(5)10(15)13(3)4/h11H2,1-4H3,(H,12,14). The minimum atomic E-state index is -0.260. The summed E-state index contributed by atoms with van der Waals surface area (Å²) < 4.78 is 0. The Kier molecular flexibility index (Phi) is 3.54. The molecule has 0 aliphatic heterocycles. The lowest BCUT2D eigenvalue weighted by Gasteiger charge is -2.09. The van der Waals surface area contributed by atoms with Crippen molar-refractivity contribution in [3.05, 3.63) is 16.0 Å². The average molecular weight is 241 g/mol. The highest BCUT2D eigenvalue weighted by atomic mass is 32.1. The van der Waals surface area contributed by atoms with Crippen molar-refractivity contribution in [1.82, 2.24) is 10.2 Å². The molecular formula is C10H15N3O2S. The summed E-state index contributed by atoms with van der Waals surface area (Å²) in [6, 6.07) is 0. The van der Waals surface area contributed by atoms with E-state index in [1.54, 1.807) is 21.0 Å². The van der Waals surface area contributed by atoms with Gasteiger partial charge in [0.25, 0.3) is 11.8 Å². The Morgan fingerprint density at radius 1 is 1.38 bits per heavy atom. The number of nitrogens with one attached hydrogen (secondary N) is 1. The van der Waals surface area contributed by atoms with Crippen LogP contribution >= 0.6 is 11.3 Å². The second kappa shape index (κ2) is 4.52. The van der Waals surface area contributed by atoms with E-state index < -0.39 is 0 Å². The first-order valence-corrected chi connectivity index (χ1v) is 5.54. The van der Waals surface area contributed by atoms with Crippen molar-refractivity contribution in [2.75, 3.05) is 26.9 Å². The SMILES string of the molecule is CNC(=O)c1c(N)sc(C(=O)N(C)C)c1C. The number of nitrogen functional groups attached to an aromatic ring is 1. The van der Waals surface area contributed by atoms with Gasteiger partial charge >= 0.3 is 0 Å². The molecule has 1 rings (SSSR count). The highest BCUT2D eigenvalue weighted by Crippen LogP contribution is 2.30. The summed E-state index contributed by atoms with van der Waals surface area (Å²) in [5.74, 6) is -0.395. The first-order valence-electron chi connectivity index (χ1n) is 4.72. The molecule has 1 heterocycles. The largest absolute Gasteiger partial charge is 0.390 e. The lowest BCUT2D eigenvalue weighted by atomic mass is 10.1. The minimum Gasteiger partial charge on any atom is -0.390 e. The van der Waals surface area contributed by atoms with Crippen molar-refractivity contribution in [3.8, 4) is 0 Å². The van der Waals surface area contributed by atoms with Gasteiger partial charge in [0.2, 0.25) is 0 Å². The van der Waals surface area contributed by atoms with Crippen molar-refractivity contribution in [2.24, 2.45) is 0 Å². The molecule has 6 heteroatoms. The highest BCUT2D eigenvalue weighted by Gasteiger charge is 2.23. The van der Waals surface area contributed by atoms with Gasteiger partial charge in [-0.1, -0.05) is 0 Å². The molecule has 0 unspecified atom stereocenters. The molecule has 0 spiro atoms. The lowest BCUT2D eigenvalue weighted by molar-refractivity contribution is 0.0831. The lowest BCUT2D eigenvalue weighted by Crippen LogP contribution is -2.22. The molecule has 0 bridgehead atoms. The number of nitrogens with two attached hydrogens (primary N) is 1. The van der Waals surface area contributed by atoms with Crippen molar-refractivity contribution in [2.45, 2.75) is 6.92 Å². The first kappa shape index (κ1) is 12.5. The van der Waals surface area contributed by atoms with Crippen LogP contribution < -0.4 is 11.1 Å². The molecule has 0 aliphatic carbocycles. The zero-order chi connectivity index (χ0) is 12.5. The van der Waals surface area contributed by atoms with E-state index in [1.165, 1.54) is 11.9 Å². The highest BCUT2D eigenvalue weighted by molar-refractivity contribution is 7.18. The van der Waals surface area contributed by atoms with E-state index in [0.29, 0.717) is 21.0 Å². The Morgan fingerprint density at radius 3 is 2.38 bits per heavy atom. The molecule has 0 fully saturated rings. The first-order chi connectivity index (χ1) is 7.40. The van der Waals surface area contributed by atoms with Gasteiger partial charge in [0.05, 0.1) is 15.4 Å². The molecule has 88 valence electrons. The van der Waals surface area contributed by atoms with Crippen LogP contribution in [0.15, 0.2) is 0 Å². The summed E-state index contributed by atoms with van der Waals surface area (Å²) in [5.41, 5.74) is 6.78. The van der Waals surface area contributed by atoms with Gasteiger partial charge in [0.15, 0.2) is 0 Å². The molecule has 0 aliphatic rings. The number of amides is 2. The fraction of sp³-hybridized carbons (Fsp3) is 0.400. The third kappa shape index (κ3) is 2.01. The van der Waals surface area contributed by atoms with E-state index in [9.17, 15) is 9.59 Å². The second-order valence-electron chi connectivity index (χ2n) is 3.57. The topological polar surface area (TPSA) is 75.4 Å². The summed E-state index contributed by atoms with van der Waals surface area (Å²) in [7, 11) is 4.86. The van der Waals surface area contributed by atoms with Gasteiger partial charge in [-0.3, -0.25) is 9.59 Å². The van der Waals surface area contributed by atoms with Gasteiger partial charge in [-0.15, -0.1) is 11.3 Å². The Morgan fingerprint density at radius 2 is 1.94 bits per heavy atom. The number of nitrogens with zero attached hydrogens (tertiary/aromatic N) is 1. The average Bonchev–Trinajstić information content (AvgIpc) is 2.52. The van der Waals surface area contributed by atoms with Crippen molar-refractivity contribution >= 4 is 28.2 Å². The van der Waals surface area contributed by atoms with Crippen molar-refractivity contribution < 1.29 is 9.59 Å². The van der Waals surface area contributed by atoms with E-state index in [1.807, 2.05) is 0 Å². The van der Waals surface area contributed by atoms with Crippen LogP contribution in [0, 0.1) is 6.92 Å². The Hall–Kier alpha value is -1.56. The number of anilines is 1. The number of carbonyl (C=O) groups excluding carboxylic acids is 2. The van der Waals surface area contributed by atoms with E-state index in [-0.39, 0.29) is 11.8 Å². The number of hydrogen-bond acceptors (Lipinski definition) is 4. The number of hydrogen-bond donors (Lipinski definition) is 2. The number of carbonyl (C=O) groups is 2. The smallest absolute Gasteiger partial charge is 0.263 e. The summed E-state index contributed by atoms with van der Waals surface area (Å²) >= 11 is 1.15. The van der Waals surface area contributed by atoms with Gasteiger partial charge in [0.1, 0.15) is 0 Å². The molecule has 1 aromatic rings. The fourth-order valence-corrected chi connectivity index (χ4v) is 2.44. The molecule has 3 N–H and O–H groups in total. The Balaban J connectivity index is 3.27. The van der Waals surface area contributed by atoms with Crippen LogP contribution in [-0.2, 0) is 0 Å². The predicted octanol–water partition coefficient (Wildman–Crippen LogP) is 0.700. The van der Waals surface area contributed by atoms with Gasteiger partial charge in [-0.25, -0.2) is 0 Å². The molecule has 5 nitrogen and oxygen atoms in total. The third-order valence-electron chi connectivity index (χ3n) is 2.23. The monoisotopic (exact) mass is 241 g/mol. The molecule has 16 heavy (non-hydrogen) atoms. The molecule has 0 atom stereocenters. The van der Waals surface area contributed by atoms with Gasteiger partial charge in [-0.2, -0.15) is 0 Å². The fourth-order valence-electron chi connectivity index (χ4n) is 1.35. The summed E-state index contributed by atoms with van der Waals surface area (Å²) in [6.45, 7) is 1.73. The Bertz CT molecular complexity index is 438. The summed E-state index contributed by atoms with van der Waals surface area (Å²) in [5, 5.41) is 2.88. The molecular weight excluding hydrogens is 226 g/mol. The molecule has 2 amide bonds. The number of thiophene rings is 1. The van der Waals surface area contributed by atoms with E-state index in [4.69, 9.17) is 5.73 Å². The van der Waals surface area contributed by atoms with Gasteiger partial charge in [0, 0.05) is 21.1 Å². The van der Waals surface area contributed by atoms with Crippen molar-refractivity contribution in [1.29, 1.82) is 0 Å². The summed E-state index contributed by atoms with van der Waals surface area (Å²) in [6.07, 6.45) is 0. The second-order valence-corrected chi connectivity index (χ2v) is 4.63. The zero-order valence-corrected chi connectivity index (χ0v) is 10.6. The molecule has 1 aromatic heterocycles. The van der Waals surface area contributed by atoms with Crippen LogP contribution in [0.3, 0.4) is 0 Å². The van der Waals surface area contributed by atoms with E-state index >= 15 is 0 Å². The van der Waals surface area contributed by atoms with Crippen LogP contribution in [0.5, 0.6) is 0 Å². The molecule has 0 saturated heterocycles. The van der Waals surface area contributed by atoms with E-state index in [2.05, 4.69) is 5.32 Å². The van der Waals surface area contributed by atoms with Gasteiger partial charge < -0.3 is 16.0 Å². The molecule has 0 radical (unpaired) electrons. The number of rotatable bonds is 2. The predicted molar refractivity (Wildman–Crippen MR) is 64.9 cm³/mol. The molecule has 0 saturated carbocycles. The normalized spacial score (nSPS) is 10.0. The van der Waals surface area contributed by atoms with Crippen LogP contribution in [0.2, 0.25) is 0 Å². The quantitative estimate of drug-likeness (QED) is 0.800. The maximum atomic E-state index is 11.8. The minimum absolute atomic E-state index is 0.135. The van der Waals surface area contributed by atoms with Crippen LogP contribution in [0.4, 0.5) is 5.00 Å². The van der Waals surface area contributed by atoms with Crippen LogP contribution in [-0.4, -0.2) is 37.9 Å². The van der Waals surface area contributed by atoms with Crippen LogP contribution in [0.1, 0.15) is 25.6 Å². The molecule has 0 aromatic carbocycles. The van der Waals surface area contributed by atoms with Crippen molar-refractivity contribution in [3.63, 3.8) is 0 Å². The maximum absolute atomic E-state index is 11.8. The van der Waals surface area contributed by atoms with Gasteiger partial charge in [-0.05, 0) is 12.5 Å².